The van der Waals surface area contributed by atoms with Crippen molar-refractivity contribution >= 4 is 39.2 Å². The maximum Gasteiger partial charge on any atom is 0.315 e. The van der Waals surface area contributed by atoms with Crippen molar-refractivity contribution in [3.05, 3.63) is 0 Å². The molecule has 0 saturated heterocycles. The van der Waals surface area contributed by atoms with Crippen molar-refractivity contribution in [2.24, 2.45) is 46.2 Å². The second-order valence-electron chi connectivity index (χ2n) is 16.3. The van der Waals surface area contributed by atoms with Gasteiger partial charge in [-0.2, -0.15) is 0 Å². The molecule has 12 heteroatoms. The number of Topliss-reactive ketones (excluding diaryl/α,β-unsaturated/α-hetero) is 2. The van der Waals surface area contributed by atoms with E-state index in [1.165, 1.54) is 6.26 Å². The van der Waals surface area contributed by atoms with Crippen molar-refractivity contribution < 1.29 is 32.4 Å². The van der Waals surface area contributed by atoms with Gasteiger partial charge in [0, 0.05) is 12.2 Å². The molecule has 11 nitrogen and oxygen atoms in total. The molecule has 4 amide bonds. The number of primary amides is 1. The minimum absolute atomic E-state index is 0.104. The van der Waals surface area contributed by atoms with E-state index in [-0.39, 0.29) is 34.7 Å². The zero-order valence-electron chi connectivity index (χ0n) is 27.9. The first-order valence-corrected chi connectivity index (χ1v) is 18.7. The number of carbonyl (C=O) groups excluding carboxylic acids is 5. The summed E-state index contributed by atoms with van der Waals surface area (Å²) < 4.78 is 24.6. The minimum Gasteiger partial charge on any atom is -0.363 e. The second kappa shape index (κ2) is 13.0. The molecule has 0 aromatic carbocycles. The lowest BCUT2D eigenvalue weighted by molar-refractivity contribution is -0.170. The normalized spacial score (nSPS) is 28.8. The molecule has 0 aliphatic heterocycles. The monoisotopic (exact) mass is 650 g/mol. The largest absolute Gasteiger partial charge is 0.363 e. The van der Waals surface area contributed by atoms with Gasteiger partial charge in [0.1, 0.15) is 9.84 Å². The Labute approximate surface area is 268 Å². The van der Waals surface area contributed by atoms with E-state index in [4.69, 9.17) is 5.73 Å². The van der Waals surface area contributed by atoms with E-state index in [1.807, 2.05) is 20.8 Å². The van der Waals surface area contributed by atoms with Gasteiger partial charge in [0.15, 0.2) is 5.78 Å². The number of nitrogens with one attached hydrogen (secondary N) is 3. The SMILES string of the molecule is CC(C)(C)[C@H](NC(=O)NC1(CS(C)(=O)=O)CCCCC1)C(=O)C1C[C@H]2C[C@@H]([C@H]1C(=O)NC(CC1CCC1)C(=O)C(N)=O)C2(C)C. The summed E-state index contributed by atoms with van der Waals surface area (Å²) in [5.41, 5.74) is 3.56. The van der Waals surface area contributed by atoms with Gasteiger partial charge in [0.25, 0.3) is 5.91 Å². The number of amides is 4. The molecular weight excluding hydrogens is 596 g/mol. The molecule has 0 heterocycles. The van der Waals surface area contributed by atoms with Crippen LogP contribution in [0.2, 0.25) is 0 Å². The topological polar surface area (TPSA) is 182 Å². The summed E-state index contributed by atoms with van der Waals surface area (Å²) in [6, 6.07) is -2.57. The van der Waals surface area contributed by atoms with Crippen molar-refractivity contribution in [3.8, 4) is 0 Å². The van der Waals surface area contributed by atoms with Crippen LogP contribution in [0.1, 0.15) is 105 Å². The Kier molecular flexibility index (Phi) is 10.2. The van der Waals surface area contributed by atoms with E-state index in [0.717, 1.165) is 44.9 Å². The van der Waals surface area contributed by atoms with Crippen LogP contribution >= 0.6 is 0 Å². The van der Waals surface area contributed by atoms with Crippen LogP contribution in [0.15, 0.2) is 0 Å². The highest BCUT2D eigenvalue weighted by atomic mass is 32.2. The number of hydrogen-bond donors (Lipinski definition) is 4. The summed E-state index contributed by atoms with van der Waals surface area (Å²) in [5, 5.41) is 8.69. The summed E-state index contributed by atoms with van der Waals surface area (Å²) >= 11 is 0. The summed E-state index contributed by atoms with van der Waals surface area (Å²) in [6.07, 6.45) is 9.30. The molecule has 5 aliphatic rings. The number of rotatable bonds is 12. The molecule has 6 atom stereocenters. The number of fused-ring (bicyclic) bond motifs is 2. The summed E-state index contributed by atoms with van der Waals surface area (Å²) in [4.78, 5) is 66.7. The highest BCUT2D eigenvalue weighted by molar-refractivity contribution is 7.90. The van der Waals surface area contributed by atoms with Crippen molar-refractivity contribution in [1.29, 1.82) is 0 Å². The Hall–Kier alpha value is -2.50. The van der Waals surface area contributed by atoms with E-state index in [2.05, 4.69) is 29.8 Å². The third kappa shape index (κ3) is 7.91. The van der Waals surface area contributed by atoms with Crippen molar-refractivity contribution in [3.63, 3.8) is 0 Å². The fraction of sp³-hybridized carbons (Fsp3) is 0.848. The first kappa shape index (κ1) is 35.4. The number of nitrogens with two attached hydrogens (primary N) is 1. The van der Waals surface area contributed by atoms with E-state index in [9.17, 15) is 32.4 Å². The number of hydrogen-bond acceptors (Lipinski definition) is 7. The molecule has 0 spiro atoms. The van der Waals surface area contributed by atoms with E-state index in [0.29, 0.717) is 25.7 Å². The molecule has 45 heavy (non-hydrogen) atoms. The van der Waals surface area contributed by atoms with E-state index in [1.54, 1.807) is 0 Å². The Morgan fingerprint density at radius 2 is 1.56 bits per heavy atom. The van der Waals surface area contributed by atoms with Crippen LogP contribution in [0.25, 0.3) is 0 Å². The lowest BCUT2D eigenvalue weighted by Gasteiger charge is -2.62. The number of sulfone groups is 1. The van der Waals surface area contributed by atoms with Crippen LogP contribution in [-0.4, -0.2) is 67.5 Å². The second-order valence-corrected chi connectivity index (χ2v) is 18.4. The van der Waals surface area contributed by atoms with Gasteiger partial charge in [-0.3, -0.25) is 19.2 Å². The molecule has 5 saturated carbocycles. The molecular formula is C33H54N4O7S. The van der Waals surface area contributed by atoms with Gasteiger partial charge in [-0.15, -0.1) is 0 Å². The van der Waals surface area contributed by atoms with Gasteiger partial charge in [-0.1, -0.05) is 73.1 Å². The molecule has 5 aliphatic carbocycles. The Bertz CT molecular complexity index is 1290. The van der Waals surface area contributed by atoms with Gasteiger partial charge in [0.05, 0.1) is 29.3 Å². The predicted molar refractivity (Wildman–Crippen MR) is 171 cm³/mol. The van der Waals surface area contributed by atoms with Gasteiger partial charge in [-0.25, -0.2) is 13.2 Å². The number of urea groups is 1. The van der Waals surface area contributed by atoms with E-state index < -0.39 is 68.3 Å². The zero-order chi connectivity index (χ0) is 33.5. The first-order chi connectivity index (χ1) is 20.7. The molecule has 2 unspecified atom stereocenters. The number of ketones is 2. The Morgan fingerprint density at radius 3 is 2.04 bits per heavy atom. The van der Waals surface area contributed by atoms with Crippen LogP contribution in [0.4, 0.5) is 4.79 Å². The maximum absolute atomic E-state index is 14.5. The number of carbonyl (C=O) groups is 5. The lowest BCUT2D eigenvalue weighted by atomic mass is 9.42. The third-order valence-electron chi connectivity index (χ3n) is 11.4. The highest BCUT2D eigenvalue weighted by Gasteiger charge is 2.62. The zero-order valence-corrected chi connectivity index (χ0v) is 28.7. The fourth-order valence-corrected chi connectivity index (χ4v) is 9.93. The smallest absolute Gasteiger partial charge is 0.315 e. The van der Waals surface area contributed by atoms with Crippen LogP contribution in [-0.2, 0) is 29.0 Å². The molecule has 5 rings (SSSR count). The van der Waals surface area contributed by atoms with Gasteiger partial charge in [0.2, 0.25) is 11.7 Å². The molecule has 0 aromatic rings. The van der Waals surface area contributed by atoms with Crippen molar-refractivity contribution in [1.82, 2.24) is 16.0 Å². The molecule has 0 radical (unpaired) electrons. The average Bonchev–Trinajstić information content (AvgIpc) is 2.90. The summed E-state index contributed by atoms with van der Waals surface area (Å²) in [6.45, 7) is 9.76. The van der Waals surface area contributed by atoms with Crippen LogP contribution in [0, 0.1) is 40.4 Å². The fourth-order valence-electron chi connectivity index (χ4n) is 8.56. The van der Waals surface area contributed by atoms with Gasteiger partial charge >= 0.3 is 6.03 Å². The summed E-state index contributed by atoms with van der Waals surface area (Å²) in [7, 11) is -3.38. The first-order valence-electron chi connectivity index (χ1n) is 16.7. The van der Waals surface area contributed by atoms with Gasteiger partial charge < -0.3 is 21.7 Å². The molecule has 5 fully saturated rings. The lowest BCUT2D eigenvalue weighted by Crippen LogP contribution is -2.65. The van der Waals surface area contributed by atoms with Crippen LogP contribution in [0.5, 0.6) is 0 Å². The van der Waals surface area contributed by atoms with Crippen molar-refractivity contribution in [2.75, 3.05) is 12.0 Å². The highest BCUT2D eigenvalue weighted by Crippen LogP contribution is 2.63. The molecule has 0 aromatic heterocycles. The minimum atomic E-state index is -3.38. The van der Waals surface area contributed by atoms with Crippen molar-refractivity contribution in [2.45, 2.75) is 123 Å². The third-order valence-corrected chi connectivity index (χ3v) is 12.5. The Balaban J connectivity index is 1.57. The quantitative estimate of drug-likeness (QED) is 0.234. The maximum atomic E-state index is 14.5. The Morgan fingerprint density at radius 1 is 0.933 bits per heavy atom. The molecule has 2 bridgehead atoms. The molecule has 5 N–H and O–H groups in total. The van der Waals surface area contributed by atoms with Crippen LogP contribution in [0.3, 0.4) is 0 Å². The standard InChI is InChI=1S/C33H54N4O7S/c1-31(2,3)27(36-30(42)37-33(18-45(6,43)44)13-8-7-9-14-33)25(38)21-16-20-17-22(32(20,4)5)24(21)29(41)35-23(26(39)28(34)40)15-19-11-10-12-19/h19-24,27H,7-18H2,1-6H3,(H2,34,40)(H,35,41)(H2,36,37,42)/t20-,21?,22-,23?,24-,27+/m0/s1. The van der Waals surface area contributed by atoms with E-state index >= 15 is 0 Å². The summed E-state index contributed by atoms with van der Waals surface area (Å²) in [5.74, 6) is -3.82. The average molecular weight is 651 g/mol. The van der Waals surface area contributed by atoms with Gasteiger partial charge in [-0.05, 0) is 60.7 Å². The molecule has 254 valence electrons. The predicted octanol–water partition coefficient (Wildman–Crippen LogP) is 3.04. The van der Waals surface area contributed by atoms with Crippen LogP contribution < -0.4 is 21.7 Å².